The van der Waals surface area contributed by atoms with Crippen LogP contribution in [0.1, 0.15) is 0 Å². The average molecular weight is 223 g/mol. The maximum Gasteiger partial charge on any atom is 0.516 e. The van der Waals surface area contributed by atoms with E-state index in [9.17, 15) is 19.5 Å². The molecule has 0 fully saturated rings. The van der Waals surface area contributed by atoms with E-state index in [1.165, 1.54) is 0 Å². The lowest BCUT2D eigenvalue weighted by atomic mass is 10.5. The third-order valence-electron chi connectivity index (χ3n) is 0.778. The SMILES string of the molecule is C[N+](C)(C)CC(=O)[O-].O=C(O)OC(=O)O. The van der Waals surface area contributed by atoms with Crippen LogP contribution in [0.4, 0.5) is 9.59 Å². The molecule has 8 nitrogen and oxygen atoms in total. The number of hydrogen-bond donors (Lipinski definition) is 2. The van der Waals surface area contributed by atoms with Gasteiger partial charge in [0.25, 0.3) is 0 Å². The Hall–Kier alpha value is -1.83. The molecule has 0 atom stereocenters. The smallest absolute Gasteiger partial charge is 0.516 e. The molecule has 0 rings (SSSR count). The molecule has 0 unspecified atom stereocenters. The number of carbonyl (C=O) groups is 3. The van der Waals surface area contributed by atoms with Gasteiger partial charge in [0.1, 0.15) is 6.54 Å². The maximum absolute atomic E-state index is 9.89. The highest BCUT2D eigenvalue weighted by Crippen LogP contribution is 1.84. The van der Waals surface area contributed by atoms with Gasteiger partial charge in [-0.3, -0.25) is 0 Å². The lowest BCUT2D eigenvalue weighted by Crippen LogP contribution is -2.45. The van der Waals surface area contributed by atoms with Gasteiger partial charge in [-0.1, -0.05) is 0 Å². The predicted octanol–water partition coefficient (Wildman–Crippen LogP) is -1.20. The van der Waals surface area contributed by atoms with E-state index in [-0.39, 0.29) is 6.54 Å². The Morgan fingerprint density at radius 3 is 1.47 bits per heavy atom. The van der Waals surface area contributed by atoms with Gasteiger partial charge >= 0.3 is 12.3 Å². The second kappa shape index (κ2) is 6.60. The zero-order valence-electron chi connectivity index (χ0n) is 8.59. The molecule has 15 heavy (non-hydrogen) atoms. The third kappa shape index (κ3) is 24.5. The number of aliphatic carboxylic acids is 1. The number of carbonyl (C=O) groups excluding carboxylic acids is 1. The summed E-state index contributed by atoms with van der Waals surface area (Å²) in [6.07, 6.45) is -3.62. The first kappa shape index (κ1) is 15.6. The van der Waals surface area contributed by atoms with E-state index in [4.69, 9.17) is 10.2 Å². The second-order valence-electron chi connectivity index (χ2n) is 3.45. The van der Waals surface area contributed by atoms with Crippen molar-refractivity contribution >= 4 is 18.3 Å². The molecule has 0 bridgehead atoms. The molecule has 0 aliphatic heterocycles. The summed E-state index contributed by atoms with van der Waals surface area (Å²) in [5.41, 5.74) is 0. The fourth-order valence-electron chi connectivity index (χ4n) is 0.462. The minimum absolute atomic E-state index is 0.0694. The molecule has 0 aliphatic carbocycles. The van der Waals surface area contributed by atoms with Crippen molar-refractivity contribution in [3.63, 3.8) is 0 Å². The normalized spacial score (nSPS) is 9.53. The van der Waals surface area contributed by atoms with Crippen molar-refractivity contribution in [1.82, 2.24) is 0 Å². The zero-order chi connectivity index (χ0) is 12.6. The van der Waals surface area contributed by atoms with Gasteiger partial charge in [-0.25, -0.2) is 9.59 Å². The van der Waals surface area contributed by atoms with Gasteiger partial charge in [0.2, 0.25) is 0 Å². The quantitative estimate of drug-likeness (QED) is 0.342. The summed E-state index contributed by atoms with van der Waals surface area (Å²) < 4.78 is 3.50. The molecule has 0 aromatic heterocycles. The number of nitrogens with zero attached hydrogens (tertiary/aromatic N) is 1. The monoisotopic (exact) mass is 223 g/mol. The maximum atomic E-state index is 9.89. The van der Waals surface area contributed by atoms with E-state index < -0.39 is 18.3 Å². The Labute approximate surface area is 85.9 Å². The van der Waals surface area contributed by atoms with Gasteiger partial charge in [0.15, 0.2) is 0 Å². The van der Waals surface area contributed by atoms with Crippen molar-refractivity contribution < 1.29 is 38.9 Å². The van der Waals surface area contributed by atoms with Gasteiger partial charge in [-0.15, -0.1) is 0 Å². The van der Waals surface area contributed by atoms with E-state index in [0.29, 0.717) is 4.48 Å². The highest BCUT2D eigenvalue weighted by molar-refractivity contribution is 5.74. The Morgan fingerprint density at radius 2 is 1.47 bits per heavy atom. The molecule has 0 spiro atoms. The van der Waals surface area contributed by atoms with Crippen LogP contribution in [0.3, 0.4) is 0 Å². The first-order valence-corrected chi connectivity index (χ1v) is 3.68. The Balaban J connectivity index is 0. The molecular formula is C7H13NO7. The third-order valence-corrected chi connectivity index (χ3v) is 0.778. The number of carboxylic acid groups (broad SMARTS) is 3. The number of ether oxygens (including phenoxy) is 1. The largest absolute Gasteiger partial charge is 0.544 e. The molecule has 0 aromatic rings. The fourth-order valence-corrected chi connectivity index (χ4v) is 0.462. The van der Waals surface area contributed by atoms with E-state index >= 15 is 0 Å². The lowest BCUT2D eigenvalue weighted by Gasteiger charge is -2.23. The minimum atomic E-state index is -1.81. The van der Waals surface area contributed by atoms with Crippen LogP contribution in [-0.2, 0) is 9.53 Å². The Bertz CT molecular complexity index is 230. The standard InChI is InChI=1S/C5H11NO2.C2H2O5/c1-6(2,3)4-5(7)8;3-1(4)7-2(5)6/h4H2,1-3H3;(H,3,4)(H,5,6). The predicted molar refractivity (Wildman–Crippen MR) is 45.0 cm³/mol. The molecule has 0 aromatic carbocycles. The van der Waals surface area contributed by atoms with Gasteiger partial charge in [0, 0.05) is 0 Å². The van der Waals surface area contributed by atoms with Gasteiger partial charge in [-0.05, 0) is 0 Å². The van der Waals surface area contributed by atoms with Crippen LogP contribution in [-0.4, -0.2) is 60.7 Å². The van der Waals surface area contributed by atoms with Gasteiger partial charge in [-0.2, -0.15) is 0 Å². The van der Waals surface area contributed by atoms with Crippen molar-refractivity contribution in [2.24, 2.45) is 0 Å². The van der Waals surface area contributed by atoms with Crippen LogP contribution >= 0.6 is 0 Å². The number of carboxylic acids is 1. The van der Waals surface area contributed by atoms with Crippen LogP contribution < -0.4 is 5.11 Å². The lowest BCUT2D eigenvalue weighted by molar-refractivity contribution is -0.864. The number of hydrogen-bond acceptors (Lipinski definition) is 5. The van der Waals surface area contributed by atoms with Gasteiger partial charge in [0.05, 0.1) is 27.1 Å². The molecule has 0 saturated carbocycles. The van der Waals surface area contributed by atoms with Crippen molar-refractivity contribution in [3.05, 3.63) is 0 Å². The Morgan fingerprint density at radius 1 is 1.13 bits per heavy atom. The van der Waals surface area contributed by atoms with E-state index in [1.807, 2.05) is 0 Å². The van der Waals surface area contributed by atoms with E-state index in [0.717, 1.165) is 0 Å². The van der Waals surface area contributed by atoms with Crippen LogP contribution in [0, 0.1) is 0 Å². The zero-order valence-corrected chi connectivity index (χ0v) is 8.59. The summed E-state index contributed by atoms with van der Waals surface area (Å²) in [5.74, 6) is -1.00. The summed E-state index contributed by atoms with van der Waals surface area (Å²) in [4.78, 5) is 28.3. The van der Waals surface area contributed by atoms with Crippen molar-refractivity contribution in [3.8, 4) is 0 Å². The molecule has 0 heterocycles. The topological polar surface area (TPSA) is 124 Å². The summed E-state index contributed by atoms with van der Waals surface area (Å²) in [5, 5.41) is 24.8. The molecular weight excluding hydrogens is 210 g/mol. The molecule has 0 saturated heterocycles. The molecule has 0 amide bonds. The van der Waals surface area contributed by atoms with Crippen LogP contribution in [0.2, 0.25) is 0 Å². The highest BCUT2D eigenvalue weighted by atomic mass is 16.7. The summed E-state index contributed by atoms with van der Waals surface area (Å²) in [6, 6.07) is 0. The van der Waals surface area contributed by atoms with Gasteiger partial charge < -0.3 is 29.3 Å². The minimum Gasteiger partial charge on any atom is -0.544 e. The Kier molecular flexibility index (Phi) is 6.88. The van der Waals surface area contributed by atoms with Crippen LogP contribution in [0.25, 0.3) is 0 Å². The molecule has 0 aliphatic rings. The molecule has 0 radical (unpaired) electrons. The summed E-state index contributed by atoms with van der Waals surface area (Å²) in [7, 11) is 5.40. The van der Waals surface area contributed by atoms with Crippen molar-refractivity contribution in [2.45, 2.75) is 0 Å². The molecule has 88 valence electrons. The van der Waals surface area contributed by atoms with Crippen LogP contribution in [0.15, 0.2) is 0 Å². The summed E-state index contributed by atoms with van der Waals surface area (Å²) >= 11 is 0. The second-order valence-corrected chi connectivity index (χ2v) is 3.45. The van der Waals surface area contributed by atoms with Crippen LogP contribution in [0.5, 0.6) is 0 Å². The fraction of sp³-hybridized carbons (Fsp3) is 0.571. The number of likely N-dealkylation sites (N-methyl/N-ethyl adjacent to an activating group) is 1. The molecule has 8 heteroatoms. The summed E-state index contributed by atoms with van der Waals surface area (Å²) in [6.45, 7) is 0.0694. The first-order chi connectivity index (χ1) is 6.54. The number of quaternary nitrogens is 1. The van der Waals surface area contributed by atoms with Crippen molar-refractivity contribution in [2.75, 3.05) is 27.7 Å². The average Bonchev–Trinajstić information content (AvgIpc) is 1.76. The molecule has 2 N–H and O–H groups in total. The number of rotatable bonds is 2. The van der Waals surface area contributed by atoms with Crippen molar-refractivity contribution in [1.29, 1.82) is 0 Å². The van der Waals surface area contributed by atoms with E-state index in [2.05, 4.69) is 4.74 Å². The first-order valence-electron chi connectivity index (χ1n) is 3.68. The van der Waals surface area contributed by atoms with E-state index in [1.54, 1.807) is 21.1 Å². The highest BCUT2D eigenvalue weighted by Gasteiger charge is 2.04.